The number of morpholine rings is 1. The molecule has 21 heavy (non-hydrogen) atoms. The lowest BCUT2D eigenvalue weighted by molar-refractivity contribution is -0.117. The van der Waals surface area contributed by atoms with Gasteiger partial charge in [0.25, 0.3) is 0 Å². The first kappa shape index (κ1) is 15.0. The van der Waals surface area contributed by atoms with Crippen LogP contribution in [0, 0.1) is 0 Å². The predicted octanol–water partition coefficient (Wildman–Crippen LogP) is 1.30. The first-order valence-electron chi connectivity index (χ1n) is 8.06. The van der Waals surface area contributed by atoms with Crippen molar-refractivity contribution in [2.24, 2.45) is 0 Å². The molecule has 0 spiro atoms. The molecule has 116 valence electrons. The summed E-state index contributed by atoms with van der Waals surface area (Å²) < 4.78 is 5.48. The first-order chi connectivity index (χ1) is 10.2. The van der Waals surface area contributed by atoms with E-state index in [-0.39, 0.29) is 6.04 Å². The van der Waals surface area contributed by atoms with Crippen LogP contribution in [0.25, 0.3) is 0 Å². The lowest BCUT2D eigenvalue weighted by Gasteiger charge is -2.50. The van der Waals surface area contributed by atoms with Gasteiger partial charge in [-0.3, -0.25) is 4.90 Å². The van der Waals surface area contributed by atoms with E-state index in [4.69, 9.17) is 4.74 Å². The minimum atomic E-state index is -0.746. The average molecular weight is 290 g/mol. The topological polar surface area (TPSA) is 35.9 Å². The fourth-order valence-electron chi connectivity index (χ4n) is 3.64. The third kappa shape index (κ3) is 2.99. The van der Waals surface area contributed by atoms with Gasteiger partial charge in [-0.1, -0.05) is 37.3 Å². The van der Waals surface area contributed by atoms with Crippen molar-refractivity contribution in [1.82, 2.24) is 9.80 Å². The lowest BCUT2D eigenvalue weighted by atomic mass is 9.79. The number of ether oxygens (including phenoxy) is 1. The zero-order valence-corrected chi connectivity index (χ0v) is 12.9. The van der Waals surface area contributed by atoms with E-state index in [0.717, 1.165) is 57.9 Å². The molecule has 0 bridgehead atoms. The SMILES string of the molecule is CCN1CC[C@](O)(c2ccccc2)[C@H](N2CCOCC2)C1. The molecule has 0 saturated carbocycles. The molecular weight excluding hydrogens is 264 g/mol. The second kappa shape index (κ2) is 6.44. The summed E-state index contributed by atoms with van der Waals surface area (Å²) in [6.07, 6.45) is 0.798. The Bertz CT molecular complexity index is 447. The van der Waals surface area contributed by atoms with E-state index >= 15 is 0 Å². The van der Waals surface area contributed by atoms with Crippen LogP contribution in [-0.2, 0) is 10.3 Å². The molecule has 1 aromatic rings. The molecule has 1 aromatic carbocycles. The van der Waals surface area contributed by atoms with E-state index in [9.17, 15) is 5.11 Å². The molecule has 4 heteroatoms. The van der Waals surface area contributed by atoms with E-state index in [1.807, 2.05) is 18.2 Å². The molecule has 2 atom stereocenters. The Kier molecular flexibility index (Phi) is 4.60. The highest BCUT2D eigenvalue weighted by atomic mass is 16.5. The minimum absolute atomic E-state index is 0.150. The molecule has 2 aliphatic heterocycles. The summed E-state index contributed by atoms with van der Waals surface area (Å²) in [5.74, 6) is 0. The molecule has 3 rings (SSSR count). The highest BCUT2D eigenvalue weighted by Gasteiger charge is 2.45. The highest BCUT2D eigenvalue weighted by Crippen LogP contribution is 2.36. The Balaban J connectivity index is 1.88. The predicted molar refractivity (Wildman–Crippen MR) is 83.2 cm³/mol. The van der Waals surface area contributed by atoms with Crippen molar-refractivity contribution in [3.8, 4) is 0 Å². The van der Waals surface area contributed by atoms with Crippen LogP contribution >= 0.6 is 0 Å². The van der Waals surface area contributed by atoms with E-state index in [0.29, 0.717) is 0 Å². The molecule has 2 saturated heterocycles. The largest absolute Gasteiger partial charge is 0.383 e. The number of hydrogen-bond acceptors (Lipinski definition) is 4. The average Bonchev–Trinajstić information content (AvgIpc) is 2.57. The van der Waals surface area contributed by atoms with Crippen LogP contribution in [0.2, 0.25) is 0 Å². The summed E-state index contributed by atoms with van der Waals surface area (Å²) in [5, 5.41) is 11.5. The van der Waals surface area contributed by atoms with Gasteiger partial charge in [0.2, 0.25) is 0 Å². The van der Waals surface area contributed by atoms with Crippen molar-refractivity contribution in [3.05, 3.63) is 35.9 Å². The van der Waals surface area contributed by atoms with Crippen molar-refractivity contribution in [3.63, 3.8) is 0 Å². The molecule has 2 aliphatic rings. The van der Waals surface area contributed by atoms with Crippen molar-refractivity contribution in [2.75, 3.05) is 45.9 Å². The Morgan fingerprint density at radius 3 is 2.57 bits per heavy atom. The second-order valence-electron chi connectivity index (χ2n) is 6.10. The van der Waals surface area contributed by atoms with Crippen molar-refractivity contribution >= 4 is 0 Å². The summed E-state index contributed by atoms with van der Waals surface area (Å²) in [4.78, 5) is 4.86. The Hall–Kier alpha value is -0.940. The summed E-state index contributed by atoms with van der Waals surface area (Å²) in [7, 11) is 0. The molecule has 4 nitrogen and oxygen atoms in total. The molecule has 1 N–H and O–H groups in total. The lowest BCUT2D eigenvalue weighted by Crippen LogP contribution is -2.62. The van der Waals surface area contributed by atoms with E-state index in [1.54, 1.807) is 0 Å². The number of hydrogen-bond donors (Lipinski definition) is 1. The Labute approximate surface area is 127 Å². The number of likely N-dealkylation sites (tertiary alicyclic amines) is 1. The fraction of sp³-hybridized carbons (Fsp3) is 0.647. The third-order valence-electron chi connectivity index (χ3n) is 5.00. The number of nitrogens with zero attached hydrogens (tertiary/aromatic N) is 2. The van der Waals surface area contributed by atoms with Crippen LogP contribution < -0.4 is 0 Å². The van der Waals surface area contributed by atoms with Crippen LogP contribution in [0.15, 0.2) is 30.3 Å². The van der Waals surface area contributed by atoms with Gasteiger partial charge >= 0.3 is 0 Å². The first-order valence-corrected chi connectivity index (χ1v) is 8.06. The number of aliphatic hydroxyl groups is 1. The molecule has 0 aliphatic carbocycles. The van der Waals surface area contributed by atoms with Crippen LogP contribution in [0.5, 0.6) is 0 Å². The number of likely N-dealkylation sites (N-methyl/N-ethyl adjacent to an activating group) is 1. The molecular formula is C17H26N2O2. The molecule has 0 amide bonds. The van der Waals surface area contributed by atoms with Gasteiger partial charge in [-0.25, -0.2) is 0 Å². The van der Waals surface area contributed by atoms with Crippen molar-refractivity contribution in [2.45, 2.75) is 25.0 Å². The van der Waals surface area contributed by atoms with Crippen LogP contribution in [0.1, 0.15) is 18.9 Å². The van der Waals surface area contributed by atoms with Gasteiger partial charge in [0.15, 0.2) is 0 Å². The summed E-state index contributed by atoms with van der Waals surface area (Å²) >= 11 is 0. The minimum Gasteiger partial charge on any atom is -0.383 e. The van der Waals surface area contributed by atoms with Crippen LogP contribution in [0.4, 0.5) is 0 Å². The maximum absolute atomic E-state index is 11.5. The van der Waals surface area contributed by atoms with Crippen molar-refractivity contribution in [1.29, 1.82) is 0 Å². The van der Waals surface area contributed by atoms with Gasteiger partial charge in [0.05, 0.1) is 19.3 Å². The van der Waals surface area contributed by atoms with Gasteiger partial charge in [-0.15, -0.1) is 0 Å². The summed E-state index contributed by atoms with van der Waals surface area (Å²) in [6.45, 7) is 8.51. The zero-order valence-electron chi connectivity index (χ0n) is 12.9. The Morgan fingerprint density at radius 1 is 1.19 bits per heavy atom. The number of benzene rings is 1. The van der Waals surface area contributed by atoms with Crippen LogP contribution in [-0.4, -0.2) is 66.9 Å². The second-order valence-corrected chi connectivity index (χ2v) is 6.10. The van der Waals surface area contributed by atoms with Gasteiger partial charge < -0.3 is 14.7 Å². The standard InChI is InChI=1S/C17H26N2O2/c1-2-18-9-8-17(20,15-6-4-3-5-7-15)16(14-18)19-10-12-21-13-11-19/h3-7,16,20H,2,8-14H2,1H3/t16-,17+/m1/s1. The molecule has 0 radical (unpaired) electrons. The maximum Gasteiger partial charge on any atom is 0.108 e. The smallest absolute Gasteiger partial charge is 0.108 e. The molecule has 2 fully saturated rings. The van der Waals surface area contributed by atoms with E-state index < -0.39 is 5.60 Å². The number of piperidine rings is 1. The molecule has 2 heterocycles. The van der Waals surface area contributed by atoms with E-state index in [1.165, 1.54) is 0 Å². The Morgan fingerprint density at radius 2 is 1.90 bits per heavy atom. The van der Waals surface area contributed by atoms with Gasteiger partial charge in [-0.05, 0) is 18.5 Å². The summed E-state index contributed by atoms with van der Waals surface area (Å²) in [5.41, 5.74) is 0.307. The number of rotatable bonds is 3. The molecule has 0 unspecified atom stereocenters. The molecule has 0 aromatic heterocycles. The normalized spacial score (nSPS) is 32.2. The quantitative estimate of drug-likeness (QED) is 0.910. The van der Waals surface area contributed by atoms with Crippen LogP contribution in [0.3, 0.4) is 0 Å². The third-order valence-corrected chi connectivity index (χ3v) is 5.00. The van der Waals surface area contributed by atoms with E-state index in [2.05, 4.69) is 28.9 Å². The highest BCUT2D eigenvalue weighted by molar-refractivity contribution is 5.26. The van der Waals surface area contributed by atoms with Gasteiger partial charge in [-0.2, -0.15) is 0 Å². The zero-order chi connectivity index (χ0) is 14.7. The van der Waals surface area contributed by atoms with Gasteiger partial charge in [0, 0.05) is 26.2 Å². The van der Waals surface area contributed by atoms with Crippen molar-refractivity contribution < 1.29 is 9.84 Å². The maximum atomic E-state index is 11.5. The monoisotopic (exact) mass is 290 g/mol. The summed E-state index contributed by atoms with van der Waals surface area (Å²) in [6, 6.07) is 10.3. The van der Waals surface area contributed by atoms with Gasteiger partial charge in [0.1, 0.15) is 5.60 Å². The fourth-order valence-corrected chi connectivity index (χ4v) is 3.64.